The van der Waals surface area contributed by atoms with E-state index in [9.17, 15) is 4.79 Å². The molecular formula is C16H19N3O. The van der Waals surface area contributed by atoms with E-state index in [1.54, 1.807) is 18.2 Å². The zero-order valence-electron chi connectivity index (χ0n) is 11.8. The number of aryl methyl sites for hydroxylation is 1. The number of carbonyl (C=O) groups is 1. The minimum absolute atomic E-state index is 0.453. The summed E-state index contributed by atoms with van der Waals surface area (Å²) in [4.78, 5) is 13.4. The fourth-order valence-electron chi connectivity index (χ4n) is 2.15. The summed E-state index contributed by atoms with van der Waals surface area (Å²) in [6, 6.07) is 13.3. The molecule has 0 saturated carbocycles. The van der Waals surface area contributed by atoms with E-state index in [1.807, 2.05) is 38.1 Å². The number of nitrogen functional groups attached to an aromatic ring is 1. The molecule has 1 amide bonds. The Labute approximate surface area is 119 Å². The third kappa shape index (κ3) is 2.74. The number of hydrogen-bond acceptors (Lipinski definition) is 3. The second-order valence-electron chi connectivity index (χ2n) is 4.72. The van der Waals surface area contributed by atoms with Gasteiger partial charge in [0, 0.05) is 17.8 Å². The summed E-state index contributed by atoms with van der Waals surface area (Å²) in [5.41, 5.74) is 15.5. The van der Waals surface area contributed by atoms with Crippen molar-refractivity contribution < 1.29 is 4.79 Å². The molecule has 0 fully saturated rings. The number of carbonyl (C=O) groups excluding carboxylic acids is 1. The zero-order chi connectivity index (χ0) is 14.7. The molecule has 0 atom stereocenters. The number of hydrogen-bond donors (Lipinski definition) is 2. The Morgan fingerprint density at radius 2 is 1.80 bits per heavy atom. The van der Waals surface area contributed by atoms with Gasteiger partial charge in [0.15, 0.2) is 0 Å². The molecule has 0 saturated heterocycles. The van der Waals surface area contributed by atoms with Gasteiger partial charge < -0.3 is 16.4 Å². The van der Waals surface area contributed by atoms with Gasteiger partial charge in [-0.25, -0.2) is 0 Å². The number of primary amides is 1. The number of amides is 1. The highest BCUT2D eigenvalue weighted by atomic mass is 16.1. The summed E-state index contributed by atoms with van der Waals surface area (Å²) >= 11 is 0. The van der Waals surface area contributed by atoms with Crippen molar-refractivity contribution in [3.63, 3.8) is 0 Å². The maximum atomic E-state index is 11.3. The van der Waals surface area contributed by atoms with Crippen LogP contribution in [0, 0.1) is 6.92 Å². The van der Waals surface area contributed by atoms with Gasteiger partial charge in [-0.1, -0.05) is 17.7 Å². The molecule has 20 heavy (non-hydrogen) atoms. The van der Waals surface area contributed by atoms with E-state index < -0.39 is 5.91 Å². The van der Waals surface area contributed by atoms with Crippen molar-refractivity contribution in [3.05, 3.63) is 53.6 Å². The van der Waals surface area contributed by atoms with Crippen LogP contribution in [0.5, 0.6) is 0 Å². The van der Waals surface area contributed by atoms with Crippen LogP contribution in [-0.2, 0) is 0 Å². The van der Waals surface area contributed by atoms with Crippen LogP contribution in [0.2, 0.25) is 0 Å². The van der Waals surface area contributed by atoms with E-state index in [0.717, 1.165) is 17.9 Å². The number of anilines is 3. The van der Waals surface area contributed by atoms with E-state index >= 15 is 0 Å². The van der Waals surface area contributed by atoms with Crippen LogP contribution in [0.15, 0.2) is 42.5 Å². The fourth-order valence-corrected chi connectivity index (χ4v) is 2.15. The van der Waals surface area contributed by atoms with E-state index in [-0.39, 0.29) is 0 Å². The van der Waals surface area contributed by atoms with E-state index in [0.29, 0.717) is 11.3 Å². The highest BCUT2D eigenvalue weighted by Gasteiger charge is 2.12. The molecule has 4 heteroatoms. The van der Waals surface area contributed by atoms with E-state index in [1.165, 1.54) is 5.56 Å². The molecular weight excluding hydrogens is 250 g/mol. The Bertz CT molecular complexity index is 620. The molecule has 4 nitrogen and oxygen atoms in total. The van der Waals surface area contributed by atoms with Gasteiger partial charge in [-0.2, -0.15) is 0 Å². The summed E-state index contributed by atoms with van der Waals surface area (Å²) in [7, 11) is 0. The first-order chi connectivity index (χ1) is 9.52. The first kappa shape index (κ1) is 13.9. The fraction of sp³-hybridized carbons (Fsp3) is 0.188. The van der Waals surface area contributed by atoms with Gasteiger partial charge in [-0.3, -0.25) is 4.79 Å². The maximum Gasteiger partial charge on any atom is 0.248 e. The predicted octanol–water partition coefficient (Wildman–Crippen LogP) is 2.83. The number of nitrogens with zero attached hydrogens (tertiary/aromatic N) is 1. The average Bonchev–Trinajstić information content (AvgIpc) is 2.43. The van der Waals surface area contributed by atoms with Crippen molar-refractivity contribution >= 4 is 23.0 Å². The van der Waals surface area contributed by atoms with Crippen LogP contribution < -0.4 is 16.4 Å². The Morgan fingerprint density at radius 1 is 1.15 bits per heavy atom. The van der Waals surface area contributed by atoms with Crippen LogP contribution >= 0.6 is 0 Å². The predicted molar refractivity (Wildman–Crippen MR) is 83.2 cm³/mol. The van der Waals surface area contributed by atoms with Gasteiger partial charge >= 0.3 is 0 Å². The number of benzene rings is 2. The van der Waals surface area contributed by atoms with Gasteiger partial charge in [0.1, 0.15) is 0 Å². The lowest BCUT2D eigenvalue weighted by Gasteiger charge is -2.25. The van der Waals surface area contributed by atoms with Crippen molar-refractivity contribution in [2.45, 2.75) is 13.8 Å². The molecule has 0 aliphatic rings. The summed E-state index contributed by atoms with van der Waals surface area (Å²) < 4.78 is 0. The molecule has 4 N–H and O–H groups in total. The molecule has 0 bridgehead atoms. The zero-order valence-corrected chi connectivity index (χ0v) is 11.8. The summed E-state index contributed by atoms with van der Waals surface area (Å²) in [5, 5.41) is 0. The van der Waals surface area contributed by atoms with Crippen LogP contribution in [0.4, 0.5) is 17.1 Å². The molecule has 0 aliphatic carbocycles. The summed E-state index contributed by atoms with van der Waals surface area (Å²) in [5.74, 6) is -0.453. The second kappa shape index (κ2) is 5.65. The topological polar surface area (TPSA) is 72.3 Å². The van der Waals surface area contributed by atoms with Crippen molar-refractivity contribution in [2.75, 3.05) is 17.2 Å². The van der Waals surface area contributed by atoms with Crippen molar-refractivity contribution in [2.24, 2.45) is 5.73 Å². The monoisotopic (exact) mass is 269 g/mol. The lowest BCUT2D eigenvalue weighted by molar-refractivity contribution is 0.100. The molecule has 0 spiro atoms. The minimum Gasteiger partial charge on any atom is -0.397 e. The lowest BCUT2D eigenvalue weighted by atomic mass is 10.1. The molecule has 2 aromatic rings. The first-order valence-corrected chi connectivity index (χ1v) is 6.56. The standard InChI is InChI=1S/C16H19N3O/c1-3-19(13-7-4-11(2)5-8-13)15-10-12(16(18)20)6-9-14(15)17/h4-10H,3,17H2,1-2H3,(H2,18,20). The second-order valence-corrected chi connectivity index (χ2v) is 4.72. The first-order valence-electron chi connectivity index (χ1n) is 6.56. The molecule has 0 aromatic heterocycles. The van der Waals surface area contributed by atoms with Gasteiger partial charge in [0.2, 0.25) is 5.91 Å². The van der Waals surface area contributed by atoms with Crippen molar-refractivity contribution in [1.29, 1.82) is 0 Å². The number of rotatable bonds is 4. The third-order valence-electron chi connectivity index (χ3n) is 3.27. The molecule has 2 rings (SSSR count). The normalized spacial score (nSPS) is 10.3. The quantitative estimate of drug-likeness (QED) is 0.838. The largest absolute Gasteiger partial charge is 0.397 e. The Balaban J connectivity index is 2.48. The Kier molecular flexibility index (Phi) is 3.94. The van der Waals surface area contributed by atoms with E-state index in [2.05, 4.69) is 4.90 Å². The Hall–Kier alpha value is -2.49. The van der Waals surface area contributed by atoms with Crippen LogP contribution in [0.3, 0.4) is 0 Å². The number of nitrogens with two attached hydrogens (primary N) is 2. The van der Waals surface area contributed by atoms with Gasteiger partial charge in [0.05, 0.1) is 11.4 Å². The average molecular weight is 269 g/mol. The summed E-state index contributed by atoms with van der Waals surface area (Å²) in [6.45, 7) is 4.83. The highest BCUT2D eigenvalue weighted by molar-refractivity contribution is 5.95. The van der Waals surface area contributed by atoms with Crippen LogP contribution in [0.1, 0.15) is 22.8 Å². The van der Waals surface area contributed by atoms with Crippen LogP contribution in [0.25, 0.3) is 0 Å². The maximum absolute atomic E-state index is 11.3. The molecule has 0 radical (unpaired) electrons. The molecule has 104 valence electrons. The van der Waals surface area contributed by atoms with E-state index in [4.69, 9.17) is 11.5 Å². The van der Waals surface area contributed by atoms with Gasteiger partial charge in [-0.05, 0) is 44.2 Å². The molecule has 0 aliphatic heterocycles. The lowest BCUT2D eigenvalue weighted by Crippen LogP contribution is -2.19. The van der Waals surface area contributed by atoms with Crippen molar-refractivity contribution in [1.82, 2.24) is 0 Å². The molecule has 2 aromatic carbocycles. The molecule has 0 heterocycles. The molecule has 0 unspecified atom stereocenters. The van der Waals surface area contributed by atoms with Crippen molar-refractivity contribution in [3.8, 4) is 0 Å². The minimum atomic E-state index is -0.453. The highest BCUT2D eigenvalue weighted by Crippen LogP contribution is 2.31. The SMILES string of the molecule is CCN(c1ccc(C)cc1)c1cc(C(N)=O)ccc1N. The van der Waals surface area contributed by atoms with Gasteiger partial charge in [-0.15, -0.1) is 0 Å². The van der Waals surface area contributed by atoms with Gasteiger partial charge in [0.25, 0.3) is 0 Å². The third-order valence-corrected chi connectivity index (χ3v) is 3.27. The van der Waals surface area contributed by atoms with Crippen LogP contribution in [-0.4, -0.2) is 12.5 Å². The Morgan fingerprint density at radius 3 is 2.35 bits per heavy atom. The summed E-state index contributed by atoms with van der Waals surface area (Å²) in [6.07, 6.45) is 0. The smallest absolute Gasteiger partial charge is 0.248 e.